The number of ether oxygens (including phenoxy) is 2. The van der Waals surface area contributed by atoms with Gasteiger partial charge < -0.3 is 25.2 Å². The van der Waals surface area contributed by atoms with Crippen molar-refractivity contribution in [1.29, 1.82) is 0 Å². The molecule has 122 valence electrons. The van der Waals surface area contributed by atoms with Gasteiger partial charge in [-0.1, -0.05) is 0 Å². The zero-order valence-corrected chi connectivity index (χ0v) is 13.2. The lowest BCUT2D eigenvalue weighted by atomic mass is 9.96. The lowest BCUT2D eigenvalue weighted by Crippen LogP contribution is -2.30. The number of carboxylic acids is 1. The van der Waals surface area contributed by atoms with Crippen molar-refractivity contribution in [1.82, 2.24) is 0 Å². The summed E-state index contributed by atoms with van der Waals surface area (Å²) in [5.74, 6) is -0.565. The van der Waals surface area contributed by atoms with Gasteiger partial charge in [-0.3, -0.25) is 4.79 Å². The minimum Gasteiger partial charge on any atom is -0.496 e. The highest BCUT2D eigenvalue weighted by atomic mass is 16.5. The first-order valence-electron chi connectivity index (χ1n) is 7.56. The molecule has 6 nitrogen and oxygen atoms in total. The minimum atomic E-state index is -0.964. The summed E-state index contributed by atoms with van der Waals surface area (Å²) < 4.78 is 10.9. The van der Waals surface area contributed by atoms with E-state index in [4.69, 9.17) is 15.2 Å². The first-order chi connectivity index (χ1) is 10.6. The van der Waals surface area contributed by atoms with Crippen molar-refractivity contribution < 1.29 is 19.4 Å². The van der Waals surface area contributed by atoms with Gasteiger partial charge in [0.05, 0.1) is 25.8 Å². The van der Waals surface area contributed by atoms with E-state index in [2.05, 4.69) is 4.90 Å². The fourth-order valence-corrected chi connectivity index (χ4v) is 2.92. The van der Waals surface area contributed by atoms with Crippen LogP contribution in [0.5, 0.6) is 11.5 Å². The molecule has 1 aliphatic rings. The highest BCUT2D eigenvalue weighted by Crippen LogP contribution is 2.39. The average Bonchev–Trinajstić information content (AvgIpc) is 2.55. The third-order valence-corrected chi connectivity index (χ3v) is 4.14. The number of piperidine rings is 1. The summed E-state index contributed by atoms with van der Waals surface area (Å²) in [6, 6.07) is 3.61. The predicted molar refractivity (Wildman–Crippen MR) is 85.0 cm³/mol. The van der Waals surface area contributed by atoms with E-state index in [9.17, 15) is 9.90 Å². The largest absolute Gasteiger partial charge is 0.496 e. The summed E-state index contributed by atoms with van der Waals surface area (Å²) >= 11 is 0. The number of hydrogen-bond donors (Lipinski definition) is 2. The van der Waals surface area contributed by atoms with E-state index in [0.29, 0.717) is 17.1 Å². The molecule has 1 aliphatic heterocycles. The van der Waals surface area contributed by atoms with E-state index in [1.807, 2.05) is 6.07 Å². The fraction of sp³-hybridized carbons (Fsp3) is 0.562. The van der Waals surface area contributed by atoms with Gasteiger partial charge in [0.15, 0.2) is 0 Å². The second-order valence-electron chi connectivity index (χ2n) is 5.44. The quantitative estimate of drug-likeness (QED) is 0.834. The molecule has 0 aliphatic carbocycles. The normalized spacial score (nSPS) is 16.2. The van der Waals surface area contributed by atoms with Gasteiger partial charge in [0, 0.05) is 31.3 Å². The number of rotatable bonds is 6. The molecule has 0 bridgehead atoms. The van der Waals surface area contributed by atoms with E-state index in [1.54, 1.807) is 20.3 Å². The van der Waals surface area contributed by atoms with Crippen LogP contribution in [0.4, 0.5) is 5.69 Å². The van der Waals surface area contributed by atoms with Gasteiger partial charge in [-0.15, -0.1) is 0 Å². The lowest BCUT2D eigenvalue weighted by Gasteiger charge is -2.31. The van der Waals surface area contributed by atoms with Crippen LogP contribution in [0.3, 0.4) is 0 Å². The second-order valence-corrected chi connectivity index (χ2v) is 5.44. The van der Waals surface area contributed by atoms with Crippen LogP contribution in [0.1, 0.15) is 30.7 Å². The van der Waals surface area contributed by atoms with Gasteiger partial charge >= 0.3 is 5.97 Å². The van der Waals surface area contributed by atoms with Crippen molar-refractivity contribution >= 4 is 11.7 Å². The van der Waals surface area contributed by atoms with Crippen molar-refractivity contribution in [2.75, 3.05) is 38.8 Å². The number of benzene rings is 1. The topological polar surface area (TPSA) is 85.0 Å². The van der Waals surface area contributed by atoms with Crippen LogP contribution in [0.2, 0.25) is 0 Å². The number of aliphatic carboxylic acids is 1. The molecule has 1 atom stereocenters. The zero-order chi connectivity index (χ0) is 16.1. The van der Waals surface area contributed by atoms with Crippen molar-refractivity contribution in [3.63, 3.8) is 0 Å². The summed E-state index contributed by atoms with van der Waals surface area (Å²) in [4.78, 5) is 13.7. The standard InChI is InChI=1S/C16H24N2O4/c1-21-14-9-13(18-6-4-3-5-7-18)15(22-2)8-11(14)12(10-17)16(19)20/h8-9,12H,3-7,10,17H2,1-2H3,(H,19,20). The first kappa shape index (κ1) is 16.4. The maximum atomic E-state index is 11.4. The molecule has 0 amide bonds. The number of carbonyl (C=O) groups is 1. The molecular weight excluding hydrogens is 284 g/mol. The van der Waals surface area contributed by atoms with Crippen LogP contribution in [-0.2, 0) is 4.79 Å². The SMILES string of the molecule is COc1cc(N2CCCCC2)c(OC)cc1C(CN)C(=O)O. The van der Waals surface area contributed by atoms with E-state index < -0.39 is 11.9 Å². The Kier molecular flexibility index (Phi) is 5.49. The van der Waals surface area contributed by atoms with Crippen molar-refractivity contribution in [3.05, 3.63) is 17.7 Å². The van der Waals surface area contributed by atoms with Gasteiger partial charge in [0.1, 0.15) is 11.5 Å². The number of nitrogens with zero attached hydrogens (tertiary/aromatic N) is 1. The molecule has 0 saturated carbocycles. The molecule has 1 aromatic carbocycles. The van der Waals surface area contributed by atoms with Gasteiger partial charge in [-0.05, 0) is 25.3 Å². The summed E-state index contributed by atoms with van der Waals surface area (Å²) in [7, 11) is 3.14. The van der Waals surface area contributed by atoms with E-state index in [-0.39, 0.29) is 6.54 Å². The number of hydrogen-bond acceptors (Lipinski definition) is 5. The van der Waals surface area contributed by atoms with E-state index >= 15 is 0 Å². The molecule has 0 aromatic heterocycles. The zero-order valence-electron chi connectivity index (χ0n) is 13.2. The van der Waals surface area contributed by atoms with Crippen molar-refractivity contribution in [2.24, 2.45) is 5.73 Å². The lowest BCUT2D eigenvalue weighted by molar-refractivity contribution is -0.138. The predicted octanol–water partition coefficient (Wildman–Crippen LogP) is 1.82. The summed E-state index contributed by atoms with van der Waals surface area (Å²) in [6.07, 6.45) is 3.53. The smallest absolute Gasteiger partial charge is 0.312 e. The Morgan fingerprint density at radius 1 is 1.23 bits per heavy atom. The van der Waals surface area contributed by atoms with Crippen molar-refractivity contribution in [2.45, 2.75) is 25.2 Å². The Bertz CT molecular complexity index is 527. The third kappa shape index (κ3) is 3.27. The molecule has 6 heteroatoms. The van der Waals surface area contributed by atoms with Crippen LogP contribution in [0.25, 0.3) is 0 Å². The van der Waals surface area contributed by atoms with Gasteiger partial charge in [-0.2, -0.15) is 0 Å². The summed E-state index contributed by atoms with van der Waals surface area (Å²) in [5, 5.41) is 9.34. The highest BCUT2D eigenvalue weighted by Gasteiger charge is 2.26. The minimum absolute atomic E-state index is 0.0118. The molecule has 1 aromatic rings. The van der Waals surface area contributed by atoms with Gasteiger partial charge in [0.2, 0.25) is 0 Å². The molecule has 1 saturated heterocycles. The van der Waals surface area contributed by atoms with Gasteiger partial charge in [-0.25, -0.2) is 0 Å². The molecule has 2 rings (SSSR count). The molecule has 1 fully saturated rings. The Balaban J connectivity index is 2.46. The Morgan fingerprint density at radius 3 is 2.36 bits per heavy atom. The molecule has 0 radical (unpaired) electrons. The van der Waals surface area contributed by atoms with Crippen molar-refractivity contribution in [3.8, 4) is 11.5 Å². The van der Waals surface area contributed by atoms with Crippen LogP contribution in [-0.4, -0.2) is 44.9 Å². The molecule has 22 heavy (non-hydrogen) atoms. The van der Waals surface area contributed by atoms with Crippen LogP contribution >= 0.6 is 0 Å². The monoisotopic (exact) mass is 308 g/mol. The molecule has 1 unspecified atom stereocenters. The molecular formula is C16H24N2O4. The fourth-order valence-electron chi connectivity index (χ4n) is 2.92. The maximum absolute atomic E-state index is 11.4. The van der Waals surface area contributed by atoms with Crippen LogP contribution < -0.4 is 20.1 Å². The van der Waals surface area contributed by atoms with E-state index in [0.717, 1.165) is 31.6 Å². The Morgan fingerprint density at radius 2 is 1.86 bits per heavy atom. The Hall–Kier alpha value is -1.95. The molecule has 3 N–H and O–H groups in total. The van der Waals surface area contributed by atoms with Crippen LogP contribution in [0, 0.1) is 0 Å². The maximum Gasteiger partial charge on any atom is 0.312 e. The highest BCUT2D eigenvalue weighted by molar-refractivity contribution is 5.79. The number of nitrogens with two attached hydrogens (primary N) is 1. The Labute approximate surface area is 130 Å². The van der Waals surface area contributed by atoms with Crippen LogP contribution in [0.15, 0.2) is 12.1 Å². The first-order valence-corrected chi connectivity index (χ1v) is 7.56. The van der Waals surface area contributed by atoms with E-state index in [1.165, 1.54) is 6.42 Å². The summed E-state index contributed by atoms with van der Waals surface area (Å²) in [6.45, 7) is 1.95. The van der Waals surface area contributed by atoms with Gasteiger partial charge in [0.25, 0.3) is 0 Å². The summed E-state index contributed by atoms with van der Waals surface area (Å²) in [5.41, 5.74) is 7.11. The average molecular weight is 308 g/mol. The second kappa shape index (κ2) is 7.35. The molecule has 1 heterocycles. The third-order valence-electron chi connectivity index (χ3n) is 4.14. The molecule has 0 spiro atoms. The number of anilines is 1. The number of carboxylic acid groups (broad SMARTS) is 1. The number of methoxy groups -OCH3 is 2.